The number of hydrogen-bond acceptors (Lipinski definition) is 5. The Morgan fingerprint density at radius 2 is 2.53 bits per heavy atom. The van der Waals surface area contributed by atoms with Gasteiger partial charge in [0.2, 0.25) is 0 Å². The van der Waals surface area contributed by atoms with E-state index >= 15 is 0 Å². The minimum absolute atomic E-state index is 0.272. The number of azide groups is 1. The van der Waals surface area contributed by atoms with E-state index in [1.54, 1.807) is 18.2 Å². The first-order valence-electron chi connectivity index (χ1n) is 4.19. The highest BCUT2D eigenvalue weighted by Crippen LogP contribution is 2.05. The lowest BCUT2D eigenvalue weighted by molar-refractivity contribution is -0.126. The summed E-state index contributed by atoms with van der Waals surface area (Å²) in [6.45, 7) is 0.621. The van der Waals surface area contributed by atoms with Gasteiger partial charge in [0, 0.05) is 17.2 Å². The van der Waals surface area contributed by atoms with E-state index in [0.29, 0.717) is 18.8 Å². The molecule has 0 saturated heterocycles. The zero-order chi connectivity index (χ0) is 10.9. The molecule has 0 aliphatic rings. The minimum atomic E-state index is 0.272. The molecule has 7 heteroatoms. The fraction of sp³-hybridized carbons (Fsp3) is 0.250. The topological polar surface area (TPSA) is 100.0 Å². The maximum atomic E-state index is 9.91. The Labute approximate surface area is 85.7 Å². The fourth-order valence-electron chi connectivity index (χ4n) is 0.969. The lowest BCUT2D eigenvalue weighted by Crippen LogP contribution is -2.02. The quantitative estimate of drug-likeness (QED) is 0.250. The summed E-state index contributed by atoms with van der Waals surface area (Å²) in [5.74, 6) is 0.431. The van der Waals surface area contributed by atoms with E-state index in [0.717, 1.165) is 5.69 Å². The van der Waals surface area contributed by atoms with Crippen LogP contribution in [0.2, 0.25) is 0 Å². The second kappa shape index (κ2) is 6.22. The highest BCUT2D eigenvalue weighted by atomic mass is 16.7. The van der Waals surface area contributed by atoms with Crippen LogP contribution in [-0.2, 0) is 16.1 Å². The number of rotatable bonds is 6. The average Bonchev–Trinajstić information content (AvgIpc) is 2.27. The first-order valence-corrected chi connectivity index (χ1v) is 4.19. The predicted octanol–water partition coefficient (Wildman–Crippen LogP) is 1.43. The van der Waals surface area contributed by atoms with Crippen molar-refractivity contribution >= 4 is 12.3 Å². The second-order valence-corrected chi connectivity index (χ2v) is 2.53. The van der Waals surface area contributed by atoms with Gasteiger partial charge in [-0.25, -0.2) is 10.5 Å². The van der Waals surface area contributed by atoms with Crippen LogP contribution >= 0.6 is 0 Å². The molecule has 0 aliphatic carbocycles. The summed E-state index contributed by atoms with van der Waals surface area (Å²) in [5.41, 5.74) is 11.2. The van der Waals surface area contributed by atoms with Gasteiger partial charge in [-0.2, -0.15) is 0 Å². The minimum Gasteiger partial charge on any atom is -0.345 e. The van der Waals surface area contributed by atoms with Gasteiger partial charge in [0.05, 0.1) is 0 Å². The van der Waals surface area contributed by atoms with Crippen LogP contribution in [0.15, 0.2) is 23.3 Å². The van der Waals surface area contributed by atoms with Crippen LogP contribution in [-0.4, -0.2) is 18.0 Å². The van der Waals surface area contributed by atoms with E-state index in [-0.39, 0.29) is 6.47 Å². The number of anilines is 1. The summed E-state index contributed by atoms with van der Waals surface area (Å²) in [7, 11) is 0. The van der Waals surface area contributed by atoms with Crippen molar-refractivity contribution in [2.45, 2.75) is 6.42 Å². The van der Waals surface area contributed by atoms with Crippen LogP contribution in [0.25, 0.3) is 10.4 Å². The Bertz CT molecular complexity index is 375. The number of pyridine rings is 1. The molecule has 0 saturated carbocycles. The van der Waals surface area contributed by atoms with Crippen molar-refractivity contribution in [1.82, 2.24) is 4.98 Å². The number of aromatic nitrogens is 1. The predicted molar refractivity (Wildman–Crippen MR) is 52.7 cm³/mol. The molecule has 0 aliphatic heterocycles. The van der Waals surface area contributed by atoms with Crippen molar-refractivity contribution in [3.63, 3.8) is 0 Å². The van der Waals surface area contributed by atoms with Crippen LogP contribution in [0.1, 0.15) is 5.69 Å². The highest BCUT2D eigenvalue weighted by molar-refractivity contribution is 5.42. The van der Waals surface area contributed by atoms with E-state index in [4.69, 9.17) is 5.53 Å². The summed E-state index contributed by atoms with van der Waals surface area (Å²) < 4.78 is 0. The Hall–Kier alpha value is -2.27. The first kappa shape index (κ1) is 10.8. The standard InChI is InChI=1S/C8H9N5O2/c9-13-10-5-4-7-2-1-3-8(11-7)12-15-6-14/h1-3,6H,4-5H2,(H,11,12). The lowest BCUT2D eigenvalue weighted by Gasteiger charge is -2.03. The average molecular weight is 207 g/mol. The lowest BCUT2D eigenvalue weighted by atomic mass is 10.3. The van der Waals surface area contributed by atoms with E-state index in [1.807, 2.05) is 0 Å². The first-order chi connectivity index (χ1) is 7.36. The van der Waals surface area contributed by atoms with Crippen LogP contribution < -0.4 is 5.48 Å². The molecular formula is C8H9N5O2. The summed E-state index contributed by atoms with van der Waals surface area (Å²) in [4.78, 5) is 21.0. The number of hydrogen-bond donors (Lipinski definition) is 1. The normalized spacial score (nSPS) is 8.80. The van der Waals surface area contributed by atoms with Gasteiger partial charge in [-0.05, 0) is 24.1 Å². The van der Waals surface area contributed by atoms with Crippen LogP contribution in [0.4, 0.5) is 5.82 Å². The molecule has 0 fully saturated rings. The van der Waals surface area contributed by atoms with Crippen LogP contribution in [0.3, 0.4) is 0 Å². The molecule has 0 bridgehead atoms. The summed E-state index contributed by atoms with van der Waals surface area (Å²) in [6, 6.07) is 5.20. The Morgan fingerprint density at radius 3 is 3.27 bits per heavy atom. The zero-order valence-electron chi connectivity index (χ0n) is 7.83. The Kier molecular flexibility index (Phi) is 4.49. The van der Waals surface area contributed by atoms with Gasteiger partial charge >= 0.3 is 6.47 Å². The third kappa shape index (κ3) is 3.97. The van der Waals surface area contributed by atoms with Crippen molar-refractivity contribution in [2.24, 2.45) is 5.11 Å². The largest absolute Gasteiger partial charge is 0.345 e. The van der Waals surface area contributed by atoms with E-state index < -0.39 is 0 Å². The van der Waals surface area contributed by atoms with E-state index in [2.05, 4.69) is 25.3 Å². The molecule has 78 valence electrons. The van der Waals surface area contributed by atoms with Crippen molar-refractivity contribution < 1.29 is 9.63 Å². The SMILES string of the molecule is [N-]=[N+]=NCCc1cccc(NOC=O)n1. The van der Waals surface area contributed by atoms with Crippen molar-refractivity contribution in [3.05, 3.63) is 34.3 Å². The molecule has 0 spiro atoms. The van der Waals surface area contributed by atoms with Crippen LogP contribution in [0, 0.1) is 0 Å². The molecule has 1 aromatic rings. The van der Waals surface area contributed by atoms with E-state index in [1.165, 1.54) is 0 Å². The van der Waals surface area contributed by atoms with Gasteiger partial charge in [0.25, 0.3) is 0 Å². The number of nitrogens with one attached hydrogen (secondary N) is 1. The molecule has 1 heterocycles. The maximum absolute atomic E-state index is 9.91. The van der Waals surface area contributed by atoms with Crippen molar-refractivity contribution in [1.29, 1.82) is 0 Å². The van der Waals surface area contributed by atoms with Gasteiger partial charge in [-0.3, -0.25) is 4.79 Å². The highest BCUT2D eigenvalue weighted by Gasteiger charge is 1.96. The maximum Gasteiger partial charge on any atom is 0.320 e. The molecule has 0 unspecified atom stereocenters. The summed E-state index contributed by atoms with van der Waals surface area (Å²) in [5, 5.41) is 3.39. The van der Waals surface area contributed by atoms with E-state index in [9.17, 15) is 4.79 Å². The molecule has 0 atom stereocenters. The molecule has 1 rings (SSSR count). The molecule has 1 N–H and O–H groups in total. The van der Waals surface area contributed by atoms with Crippen LogP contribution in [0.5, 0.6) is 0 Å². The second-order valence-electron chi connectivity index (χ2n) is 2.53. The number of nitrogens with zero attached hydrogens (tertiary/aromatic N) is 4. The van der Waals surface area contributed by atoms with Gasteiger partial charge in [-0.15, -0.1) is 0 Å². The van der Waals surface area contributed by atoms with Crippen molar-refractivity contribution in [3.8, 4) is 0 Å². The van der Waals surface area contributed by atoms with Gasteiger partial charge in [0.15, 0.2) is 5.82 Å². The summed E-state index contributed by atoms with van der Waals surface area (Å²) >= 11 is 0. The zero-order valence-corrected chi connectivity index (χ0v) is 7.83. The molecule has 0 radical (unpaired) electrons. The third-order valence-electron chi connectivity index (χ3n) is 1.55. The number of carbonyl (C=O) groups excluding carboxylic acids is 1. The molecule has 7 nitrogen and oxygen atoms in total. The smallest absolute Gasteiger partial charge is 0.320 e. The summed E-state index contributed by atoms with van der Waals surface area (Å²) in [6.07, 6.45) is 0.542. The molecule has 0 aromatic carbocycles. The molecular weight excluding hydrogens is 198 g/mol. The van der Waals surface area contributed by atoms with Gasteiger partial charge < -0.3 is 4.84 Å². The number of carbonyl (C=O) groups is 1. The fourth-order valence-corrected chi connectivity index (χ4v) is 0.969. The van der Waals surface area contributed by atoms with Gasteiger partial charge in [0.1, 0.15) is 0 Å². The molecule has 15 heavy (non-hydrogen) atoms. The van der Waals surface area contributed by atoms with Gasteiger partial charge in [-0.1, -0.05) is 11.2 Å². The van der Waals surface area contributed by atoms with Crippen molar-refractivity contribution in [2.75, 3.05) is 12.0 Å². The Balaban J connectivity index is 2.56. The Morgan fingerprint density at radius 1 is 1.67 bits per heavy atom. The third-order valence-corrected chi connectivity index (χ3v) is 1.55. The molecule has 1 aromatic heterocycles. The monoisotopic (exact) mass is 207 g/mol. The molecule has 0 amide bonds.